The van der Waals surface area contributed by atoms with Crippen molar-refractivity contribution in [1.29, 1.82) is 0 Å². The van der Waals surface area contributed by atoms with Crippen molar-refractivity contribution in [2.45, 2.75) is 17.6 Å². The van der Waals surface area contributed by atoms with Crippen LogP contribution in [-0.2, 0) is 5.75 Å². The summed E-state index contributed by atoms with van der Waals surface area (Å²) < 4.78 is 1.08. The first-order chi connectivity index (χ1) is 11.2. The molecule has 0 saturated carbocycles. The SMILES string of the molecule is CCNCCNC(=O)c1ccccc1SCc1ccc(Br)cc1. The van der Waals surface area contributed by atoms with Crippen molar-refractivity contribution >= 4 is 33.6 Å². The highest BCUT2D eigenvalue weighted by molar-refractivity contribution is 9.10. The summed E-state index contributed by atoms with van der Waals surface area (Å²) in [6, 6.07) is 16.0. The van der Waals surface area contributed by atoms with Gasteiger partial charge in [-0.3, -0.25) is 4.79 Å². The Balaban J connectivity index is 1.96. The van der Waals surface area contributed by atoms with Crippen LogP contribution < -0.4 is 10.6 Å². The highest BCUT2D eigenvalue weighted by Gasteiger charge is 2.10. The zero-order chi connectivity index (χ0) is 16.5. The molecular formula is C18H21BrN2OS. The fraction of sp³-hybridized carbons (Fsp3) is 0.278. The van der Waals surface area contributed by atoms with Crippen LogP contribution >= 0.6 is 27.7 Å². The predicted molar refractivity (Wildman–Crippen MR) is 101 cm³/mol. The van der Waals surface area contributed by atoms with Crippen LogP contribution in [-0.4, -0.2) is 25.5 Å². The molecular weight excluding hydrogens is 372 g/mol. The Morgan fingerprint density at radius 2 is 1.83 bits per heavy atom. The van der Waals surface area contributed by atoms with Crippen LogP contribution in [0.1, 0.15) is 22.8 Å². The fourth-order valence-corrected chi connectivity index (χ4v) is 3.33. The van der Waals surface area contributed by atoms with Gasteiger partial charge in [0.25, 0.3) is 5.91 Å². The Morgan fingerprint density at radius 1 is 1.09 bits per heavy atom. The van der Waals surface area contributed by atoms with Crippen molar-refractivity contribution in [2.24, 2.45) is 0 Å². The summed E-state index contributed by atoms with van der Waals surface area (Å²) >= 11 is 5.13. The first kappa shape index (κ1) is 18.0. The first-order valence-corrected chi connectivity index (χ1v) is 9.43. The van der Waals surface area contributed by atoms with Crippen LogP contribution in [0.4, 0.5) is 0 Å². The summed E-state index contributed by atoms with van der Waals surface area (Å²) in [4.78, 5) is 13.3. The number of carbonyl (C=O) groups excluding carboxylic acids is 1. The van der Waals surface area contributed by atoms with Gasteiger partial charge in [-0.15, -0.1) is 11.8 Å². The molecule has 0 aliphatic carbocycles. The van der Waals surface area contributed by atoms with Crippen molar-refractivity contribution in [2.75, 3.05) is 19.6 Å². The Kier molecular flexibility index (Phi) is 7.65. The van der Waals surface area contributed by atoms with Crippen molar-refractivity contribution < 1.29 is 4.79 Å². The van der Waals surface area contributed by atoms with Crippen LogP contribution in [0.25, 0.3) is 0 Å². The molecule has 0 unspecified atom stereocenters. The van der Waals surface area contributed by atoms with Gasteiger partial charge in [-0.05, 0) is 36.4 Å². The number of rotatable bonds is 8. The lowest BCUT2D eigenvalue weighted by atomic mass is 10.2. The zero-order valence-corrected chi connectivity index (χ0v) is 15.5. The van der Waals surface area contributed by atoms with Gasteiger partial charge in [0, 0.05) is 28.2 Å². The first-order valence-electron chi connectivity index (χ1n) is 7.66. The van der Waals surface area contributed by atoms with Crippen molar-refractivity contribution in [3.63, 3.8) is 0 Å². The zero-order valence-electron chi connectivity index (χ0n) is 13.1. The Morgan fingerprint density at radius 3 is 2.57 bits per heavy atom. The van der Waals surface area contributed by atoms with E-state index >= 15 is 0 Å². The minimum atomic E-state index is -0.0122. The Bertz CT molecular complexity index is 631. The normalized spacial score (nSPS) is 10.5. The molecule has 0 aliphatic heterocycles. The summed E-state index contributed by atoms with van der Waals surface area (Å²) in [5, 5.41) is 6.16. The second-order valence-electron chi connectivity index (χ2n) is 5.02. The number of hydrogen-bond acceptors (Lipinski definition) is 3. The van der Waals surface area contributed by atoms with Gasteiger partial charge in [-0.25, -0.2) is 0 Å². The van der Waals surface area contributed by atoms with E-state index in [9.17, 15) is 4.79 Å². The molecule has 0 spiro atoms. The van der Waals surface area contributed by atoms with E-state index in [0.717, 1.165) is 33.8 Å². The van der Waals surface area contributed by atoms with Crippen LogP contribution in [0.15, 0.2) is 57.9 Å². The molecule has 0 bridgehead atoms. The highest BCUT2D eigenvalue weighted by atomic mass is 79.9. The average molecular weight is 393 g/mol. The summed E-state index contributed by atoms with van der Waals surface area (Å²) in [6.45, 7) is 4.39. The minimum absolute atomic E-state index is 0.0122. The standard InChI is InChI=1S/C18H21BrN2OS/c1-2-20-11-12-21-18(22)16-5-3-4-6-17(16)23-13-14-7-9-15(19)10-8-14/h3-10,20H,2,11-13H2,1H3,(H,21,22). The molecule has 0 aliphatic rings. The van der Waals surface area contributed by atoms with E-state index in [4.69, 9.17) is 0 Å². The Hall–Kier alpha value is -1.30. The van der Waals surface area contributed by atoms with Crippen molar-refractivity contribution in [3.8, 4) is 0 Å². The third-order valence-corrected chi connectivity index (χ3v) is 4.95. The number of amides is 1. The van der Waals surface area contributed by atoms with Gasteiger partial charge < -0.3 is 10.6 Å². The fourth-order valence-electron chi connectivity index (χ4n) is 2.06. The molecule has 0 saturated heterocycles. The molecule has 0 heterocycles. The molecule has 0 radical (unpaired) electrons. The second-order valence-corrected chi connectivity index (χ2v) is 6.95. The summed E-state index contributed by atoms with van der Waals surface area (Å²) in [7, 11) is 0. The molecule has 1 amide bonds. The molecule has 2 N–H and O–H groups in total. The number of hydrogen-bond donors (Lipinski definition) is 2. The van der Waals surface area contributed by atoms with E-state index in [1.54, 1.807) is 11.8 Å². The molecule has 2 rings (SSSR count). The average Bonchev–Trinajstić information content (AvgIpc) is 2.58. The van der Waals surface area contributed by atoms with Crippen molar-refractivity contribution in [1.82, 2.24) is 10.6 Å². The number of benzene rings is 2. The highest BCUT2D eigenvalue weighted by Crippen LogP contribution is 2.26. The molecule has 122 valence electrons. The molecule has 0 aromatic heterocycles. The smallest absolute Gasteiger partial charge is 0.252 e. The molecule has 3 nitrogen and oxygen atoms in total. The summed E-state index contributed by atoms with van der Waals surface area (Å²) in [6.07, 6.45) is 0. The third-order valence-electron chi connectivity index (χ3n) is 3.28. The van der Waals surface area contributed by atoms with Crippen molar-refractivity contribution in [3.05, 3.63) is 64.1 Å². The van der Waals surface area contributed by atoms with Crippen LogP contribution in [0.3, 0.4) is 0 Å². The number of likely N-dealkylation sites (N-methyl/N-ethyl adjacent to an activating group) is 1. The number of halogens is 1. The molecule has 2 aromatic carbocycles. The molecule has 0 fully saturated rings. The van der Waals surface area contributed by atoms with Crippen LogP contribution in [0.5, 0.6) is 0 Å². The molecule has 0 atom stereocenters. The largest absolute Gasteiger partial charge is 0.351 e. The predicted octanol–water partition coefficient (Wildman–Crippen LogP) is 4.08. The minimum Gasteiger partial charge on any atom is -0.351 e. The maximum atomic E-state index is 12.3. The topological polar surface area (TPSA) is 41.1 Å². The lowest BCUT2D eigenvalue weighted by molar-refractivity contribution is 0.0951. The summed E-state index contributed by atoms with van der Waals surface area (Å²) in [5.74, 6) is 0.830. The van der Waals surface area contributed by atoms with Gasteiger partial charge in [0.05, 0.1) is 5.56 Å². The lowest BCUT2D eigenvalue weighted by Crippen LogP contribution is -2.31. The van der Waals surface area contributed by atoms with E-state index in [1.807, 2.05) is 36.4 Å². The van der Waals surface area contributed by atoms with Gasteiger partial charge in [0.1, 0.15) is 0 Å². The van der Waals surface area contributed by atoms with E-state index in [2.05, 4.69) is 45.6 Å². The van der Waals surface area contributed by atoms with E-state index in [0.29, 0.717) is 6.54 Å². The quantitative estimate of drug-likeness (QED) is 0.525. The molecule has 5 heteroatoms. The Labute approximate surface area is 150 Å². The van der Waals surface area contributed by atoms with Gasteiger partial charge in [-0.1, -0.05) is 47.1 Å². The van der Waals surface area contributed by atoms with Crippen LogP contribution in [0.2, 0.25) is 0 Å². The maximum Gasteiger partial charge on any atom is 0.252 e. The third kappa shape index (κ3) is 6.01. The van der Waals surface area contributed by atoms with Gasteiger partial charge >= 0.3 is 0 Å². The maximum absolute atomic E-state index is 12.3. The number of thioether (sulfide) groups is 1. The van der Waals surface area contributed by atoms with Gasteiger partial charge in [-0.2, -0.15) is 0 Å². The molecule has 2 aromatic rings. The van der Waals surface area contributed by atoms with Crippen LogP contribution in [0, 0.1) is 0 Å². The molecule has 23 heavy (non-hydrogen) atoms. The van der Waals surface area contributed by atoms with Gasteiger partial charge in [0.15, 0.2) is 0 Å². The summed E-state index contributed by atoms with van der Waals surface area (Å²) in [5.41, 5.74) is 1.98. The van der Waals surface area contributed by atoms with E-state index in [-0.39, 0.29) is 5.91 Å². The van der Waals surface area contributed by atoms with Gasteiger partial charge in [0.2, 0.25) is 0 Å². The van der Waals surface area contributed by atoms with E-state index < -0.39 is 0 Å². The number of nitrogens with one attached hydrogen (secondary N) is 2. The van der Waals surface area contributed by atoms with E-state index in [1.165, 1.54) is 5.56 Å². The number of carbonyl (C=O) groups is 1. The lowest BCUT2D eigenvalue weighted by Gasteiger charge is -2.10. The monoisotopic (exact) mass is 392 g/mol. The second kappa shape index (κ2) is 9.75.